The Labute approximate surface area is 53.6 Å². The highest BCUT2D eigenvalue weighted by molar-refractivity contribution is 8.24. The van der Waals surface area contributed by atoms with Gasteiger partial charge in [-0.05, 0) is 16.2 Å². The van der Waals surface area contributed by atoms with E-state index in [1.807, 2.05) is 11.8 Å². The Morgan fingerprint density at radius 2 is 2.29 bits per heavy atom. The lowest BCUT2D eigenvalue weighted by molar-refractivity contribution is 1.54. The number of hydrogen-bond donors (Lipinski definition) is 1. The lowest BCUT2D eigenvalue weighted by Gasteiger charge is -1.80. The van der Waals surface area contributed by atoms with Crippen molar-refractivity contribution in [1.82, 2.24) is 0 Å². The lowest BCUT2D eigenvalue weighted by atomic mass is 11.0. The largest absolute Gasteiger partial charge is 0.194 e. The zero-order valence-corrected chi connectivity index (χ0v) is 6.56. The molecule has 0 nitrogen and oxygen atoms in total. The quantitative estimate of drug-likeness (QED) is 0.457. The van der Waals surface area contributed by atoms with Crippen molar-refractivity contribution in [2.75, 3.05) is 11.5 Å². The van der Waals surface area contributed by atoms with Crippen LogP contribution in [0.4, 0.5) is 0 Å². The van der Waals surface area contributed by atoms with Crippen LogP contribution < -0.4 is 0 Å². The summed E-state index contributed by atoms with van der Waals surface area (Å²) in [4.78, 5) is 0. The molecule has 0 aromatic heterocycles. The van der Waals surface area contributed by atoms with Gasteiger partial charge in [-0.3, -0.25) is 0 Å². The van der Waals surface area contributed by atoms with Crippen molar-refractivity contribution < 1.29 is 0 Å². The molecule has 0 saturated heterocycles. The van der Waals surface area contributed by atoms with Crippen LogP contribution in [-0.2, 0) is 0 Å². The normalized spacial score (nSPS) is 11.7. The van der Waals surface area contributed by atoms with Crippen molar-refractivity contribution in [3.8, 4) is 0 Å². The standard InChI is InChI=1S/C5H12S2/c1-3-6-5-7-4-2/h5-6H,3-4H2,1-2H3. The summed E-state index contributed by atoms with van der Waals surface area (Å²) in [6.07, 6.45) is 0. The highest BCUT2D eigenvalue weighted by Gasteiger charge is 1.67. The topological polar surface area (TPSA) is 0 Å². The van der Waals surface area contributed by atoms with Crippen molar-refractivity contribution in [1.29, 1.82) is 0 Å². The minimum atomic E-state index is 1.22. The maximum Gasteiger partial charge on any atom is -0.00497 e. The van der Waals surface area contributed by atoms with Crippen molar-refractivity contribution in [3.63, 3.8) is 0 Å². The van der Waals surface area contributed by atoms with Crippen LogP contribution in [0.15, 0.2) is 0 Å². The molecule has 7 heavy (non-hydrogen) atoms. The third kappa shape index (κ3) is 6.57. The Morgan fingerprint density at radius 3 is 2.71 bits per heavy atom. The Hall–Kier alpha value is 0.570. The number of rotatable bonds is 3. The summed E-state index contributed by atoms with van der Waals surface area (Å²) in [6, 6.07) is 0. The molecule has 0 saturated carbocycles. The maximum absolute atomic E-state index is 2.25. The predicted molar refractivity (Wildman–Crippen MR) is 43.7 cm³/mol. The monoisotopic (exact) mass is 136 g/mol. The molecule has 0 amide bonds. The molecule has 0 aliphatic rings. The zero-order chi connectivity index (χ0) is 5.54. The molecule has 0 aliphatic carbocycles. The minimum Gasteiger partial charge on any atom is -0.194 e. The van der Waals surface area contributed by atoms with E-state index in [2.05, 4.69) is 18.5 Å². The summed E-state index contributed by atoms with van der Waals surface area (Å²) in [7, 11) is 0. The van der Waals surface area contributed by atoms with Gasteiger partial charge in [-0.15, -0.1) is 11.8 Å². The molecule has 0 spiro atoms. The van der Waals surface area contributed by atoms with Crippen LogP contribution >= 0.6 is 23.1 Å². The summed E-state index contributed by atoms with van der Waals surface area (Å²) in [5.41, 5.74) is 0. The SMILES string of the molecule is CCSC=[SH]CC. The molecule has 0 radical (unpaired) electrons. The average Bonchev–Trinajstić information content (AvgIpc) is 1.69. The van der Waals surface area contributed by atoms with Gasteiger partial charge in [0.1, 0.15) is 0 Å². The molecule has 0 atom stereocenters. The van der Waals surface area contributed by atoms with Gasteiger partial charge in [0.15, 0.2) is 0 Å². The molecule has 0 aromatic carbocycles. The smallest absolute Gasteiger partial charge is 0.00497 e. The Balaban J connectivity index is 2.78. The van der Waals surface area contributed by atoms with Crippen molar-refractivity contribution >= 4 is 27.8 Å². The first kappa shape index (κ1) is 7.57. The van der Waals surface area contributed by atoms with E-state index in [1.54, 1.807) is 0 Å². The van der Waals surface area contributed by atoms with Gasteiger partial charge in [0.25, 0.3) is 0 Å². The third-order valence-electron chi connectivity index (χ3n) is 0.498. The van der Waals surface area contributed by atoms with Gasteiger partial charge in [0.2, 0.25) is 0 Å². The number of thiol groups is 1. The highest BCUT2D eigenvalue weighted by atomic mass is 32.2. The molecule has 2 heteroatoms. The average molecular weight is 136 g/mol. The highest BCUT2D eigenvalue weighted by Crippen LogP contribution is 1.95. The first-order chi connectivity index (χ1) is 3.41. The summed E-state index contributed by atoms with van der Waals surface area (Å²) in [6.45, 7) is 4.36. The van der Waals surface area contributed by atoms with Crippen LogP contribution in [0.3, 0.4) is 0 Å². The van der Waals surface area contributed by atoms with E-state index >= 15 is 0 Å². The molecule has 0 N–H and O–H groups in total. The van der Waals surface area contributed by atoms with Crippen LogP contribution in [0.25, 0.3) is 0 Å². The molecule has 0 heterocycles. The second kappa shape index (κ2) is 6.57. The van der Waals surface area contributed by atoms with Crippen LogP contribution in [-0.4, -0.2) is 16.2 Å². The van der Waals surface area contributed by atoms with Gasteiger partial charge in [0, 0.05) is 0 Å². The minimum absolute atomic E-state index is 1.22. The molecule has 0 bridgehead atoms. The van der Waals surface area contributed by atoms with Crippen molar-refractivity contribution in [2.45, 2.75) is 13.8 Å². The van der Waals surface area contributed by atoms with E-state index in [4.69, 9.17) is 0 Å². The first-order valence-electron chi connectivity index (χ1n) is 2.51. The zero-order valence-electron chi connectivity index (χ0n) is 4.85. The van der Waals surface area contributed by atoms with Crippen LogP contribution in [0.2, 0.25) is 0 Å². The van der Waals surface area contributed by atoms with Gasteiger partial charge in [-0.2, -0.15) is 11.4 Å². The van der Waals surface area contributed by atoms with Crippen molar-refractivity contribution in [2.24, 2.45) is 0 Å². The second-order valence-corrected chi connectivity index (χ2v) is 3.81. The number of thioether (sulfide) groups is 1. The van der Waals surface area contributed by atoms with E-state index in [9.17, 15) is 0 Å². The Bertz CT molecular complexity index is 50.0. The predicted octanol–water partition coefficient (Wildman–Crippen LogP) is 1.98. The van der Waals surface area contributed by atoms with Gasteiger partial charge in [-0.25, -0.2) is 0 Å². The number of hydrogen-bond acceptors (Lipinski definition) is 1. The molecule has 0 aromatic rings. The molecule has 44 valence electrons. The van der Waals surface area contributed by atoms with Gasteiger partial charge in [-0.1, -0.05) is 13.8 Å². The molecule has 0 unspecified atom stereocenters. The van der Waals surface area contributed by atoms with Gasteiger partial charge in [0.05, 0.1) is 0 Å². The lowest BCUT2D eigenvalue weighted by Crippen LogP contribution is -1.63. The molecule has 0 fully saturated rings. The molecular formula is C5H12S2. The van der Waals surface area contributed by atoms with E-state index in [0.29, 0.717) is 0 Å². The fourth-order valence-corrected chi connectivity index (χ4v) is 1.82. The van der Waals surface area contributed by atoms with E-state index in [-0.39, 0.29) is 0 Å². The fourth-order valence-electron chi connectivity index (χ4n) is 0.202. The van der Waals surface area contributed by atoms with E-state index < -0.39 is 0 Å². The second-order valence-electron chi connectivity index (χ2n) is 1.06. The summed E-state index contributed by atoms with van der Waals surface area (Å²) >= 11 is 3.36. The molecule has 0 rings (SSSR count). The maximum atomic E-state index is 2.25. The third-order valence-corrected chi connectivity index (χ3v) is 2.39. The van der Waals surface area contributed by atoms with Crippen molar-refractivity contribution in [3.05, 3.63) is 0 Å². The van der Waals surface area contributed by atoms with Crippen LogP contribution in [0.5, 0.6) is 0 Å². The van der Waals surface area contributed by atoms with Crippen LogP contribution in [0.1, 0.15) is 13.8 Å². The molecule has 0 aliphatic heterocycles. The Morgan fingerprint density at radius 1 is 1.57 bits per heavy atom. The summed E-state index contributed by atoms with van der Waals surface area (Å²) < 4.78 is 2.25. The first-order valence-corrected chi connectivity index (χ1v) is 4.71. The summed E-state index contributed by atoms with van der Waals surface area (Å²) in [5.74, 6) is 2.47. The Kier molecular flexibility index (Phi) is 7.10. The van der Waals surface area contributed by atoms with E-state index in [1.165, 1.54) is 22.9 Å². The van der Waals surface area contributed by atoms with E-state index in [0.717, 1.165) is 0 Å². The summed E-state index contributed by atoms with van der Waals surface area (Å²) in [5, 5.41) is 0. The fraction of sp³-hybridized carbons (Fsp3) is 0.800. The molecular weight excluding hydrogens is 124 g/mol. The van der Waals surface area contributed by atoms with Gasteiger partial charge < -0.3 is 0 Å². The van der Waals surface area contributed by atoms with Gasteiger partial charge >= 0.3 is 0 Å². The van der Waals surface area contributed by atoms with Crippen LogP contribution in [0, 0.1) is 0 Å².